The third-order valence-electron chi connectivity index (χ3n) is 5.22. The van der Waals surface area contributed by atoms with Gasteiger partial charge < -0.3 is 19.1 Å². The molecule has 1 aliphatic heterocycles. The minimum absolute atomic E-state index is 0.0473. The van der Waals surface area contributed by atoms with Crippen molar-refractivity contribution in [2.75, 3.05) is 27.4 Å². The average Bonchev–Trinajstić information content (AvgIpc) is 3.02. The predicted molar refractivity (Wildman–Crippen MR) is 116 cm³/mol. The number of methoxy groups -OCH3 is 2. The number of ether oxygens (including phenoxy) is 3. The molecular formula is C24H28FN2O4. The number of amidine groups is 1. The summed E-state index contributed by atoms with van der Waals surface area (Å²) in [6.07, 6.45) is 0. The number of carbonyl (C=O) groups is 1. The molecule has 1 radical (unpaired) electrons. The second-order valence-corrected chi connectivity index (χ2v) is 8.42. The molecule has 0 amide bonds. The molecule has 0 bridgehead atoms. The highest BCUT2D eigenvalue weighted by atomic mass is 19.1. The average molecular weight is 427 g/mol. The molecule has 0 unspecified atom stereocenters. The topological polar surface area (TPSA) is 71.8 Å². The van der Waals surface area contributed by atoms with Gasteiger partial charge in [-0.15, -0.1) is 0 Å². The SMILES string of the molecule is CCOc1[c]c(C(C)(C)C)cc(C(=O)CN2Cc3cc(OC)c(OC)c(F)c3C2=N)c1. The van der Waals surface area contributed by atoms with E-state index in [9.17, 15) is 9.18 Å². The molecular weight excluding hydrogens is 399 g/mol. The van der Waals surface area contributed by atoms with Gasteiger partial charge in [-0.25, -0.2) is 4.39 Å². The first kappa shape index (κ1) is 22.6. The minimum atomic E-state index is -0.653. The molecule has 1 aliphatic rings. The van der Waals surface area contributed by atoms with Crippen LogP contribution in [0.1, 0.15) is 54.7 Å². The number of benzene rings is 2. The lowest BCUT2D eigenvalue weighted by Gasteiger charge is -2.22. The van der Waals surface area contributed by atoms with Gasteiger partial charge in [-0.05, 0) is 41.7 Å². The van der Waals surface area contributed by atoms with E-state index in [4.69, 9.17) is 19.6 Å². The van der Waals surface area contributed by atoms with Crippen LogP contribution in [0.15, 0.2) is 18.2 Å². The molecule has 0 aliphatic carbocycles. The molecule has 0 saturated heterocycles. The minimum Gasteiger partial charge on any atom is -0.493 e. The van der Waals surface area contributed by atoms with E-state index in [-0.39, 0.29) is 47.2 Å². The fraction of sp³-hybridized carbons (Fsp3) is 0.417. The van der Waals surface area contributed by atoms with Crippen molar-refractivity contribution in [2.45, 2.75) is 39.7 Å². The Morgan fingerprint density at radius 2 is 1.94 bits per heavy atom. The summed E-state index contributed by atoms with van der Waals surface area (Å²) in [5, 5.41) is 8.44. The van der Waals surface area contributed by atoms with Crippen LogP contribution in [0.25, 0.3) is 0 Å². The van der Waals surface area contributed by atoms with E-state index < -0.39 is 5.82 Å². The molecule has 1 N–H and O–H groups in total. The lowest BCUT2D eigenvalue weighted by atomic mass is 9.85. The maximum atomic E-state index is 14.9. The van der Waals surface area contributed by atoms with Gasteiger partial charge in [0.05, 0.1) is 32.9 Å². The zero-order chi connectivity index (χ0) is 22.9. The van der Waals surface area contributed by atoms with Crippen LogP contribution in [-0.4, -0.2) is 43.9 Å². The number of hydrogen-bond acceptors (Lipinski definition) is 5. The number of ketones is 1. The summed E-state index contributed by atoms with van der Waals surface area (Å²) in [4.78, 5) is 14.7. The molecule has 7 heteroatoms. The van der Waals surface area contributed by atoms with E-state index in [0.717, 1.165) is 5.56 Å². The largest absolute Gasteiger partial charge is 0.493 e. The molecule has 1 heterocycles. The molecule has 0 spiro atoms. The van der Waals surface area contributed by atoms with E-state index in [2.05, 4.69) is 6.07 Å². The van der Waals surface area contributed by atoms with Gasteiger partial charge in [0.25, 0.3) is 0 Å². The maximum absolute atomic E-state index is 14.9. The molecule has 2 aromatic carbocycles. The Morgan fingerprint density at radius 3 is 2.52 bits per heavy atom. The third-order valence-corrected chi connectivity index (χ3v) is 5.22. The lowest BCUT2D eigenvalue weighted by molar-refractivity contribution is 0.0962. The summed E-state index contributed by atoms with van der Waals surface area (Å²) in [5.41, 5.74) is 1.85. The smallest absolute Gasteiger partial charge is 0.197 e. The standard InChI is InChI=1S/C24H28FN2O4/c1-7-31-17-9-14(8-16(11-17)24(2,3)4)18(28)13-27-12-15-10-19(29-5)22(30-6)21(25)20(15)23(27)26/h8-10,26H,7,12-13H2,1-6H3. The first-order valence-corrected chi connectivity index (χ1v) is 10.1. The Hall–Kier alpha value is -3.09. The highest BCUT2D eigenvalue weighted by molar-refractivity contribution is 6.06. The van der Waals surface area contributed by atoms with Crippen LogP contribution in [0, 0.1) is 17.3 Å². The zero-order valence-corrected chi connectivity index (χ0v) is 18.8. The maximum Gasteiger partial charge on any atom is 0.197 e. The van der Waals surface area contributed by atoms with Crippen LogP contribution in [0.2, 0.25) is 0 Å². The highest BCUT2D eigenvalue weighted by Crippen LogP contribution is 2.38. The summed E-state index contributed by atoms with van der Waals surface area (Å²) in [5.74, 6) is -0.162. The van der Waals surface area contributed by atoms with E-state index in [1.165, 1.54) is 14.2 Å². The van der Waals surface area contributed by atoms with Crippen molar-refractivity contribution < 1.29 is 23.4 Å². The van der Waals surface area contributed by atoms with E-state index in [1.54, 1.807) is 17.0 Å². The number of hydrogen-bond donors (Lipinski definition) is 1. The van der Waals surface area contributed by atoms with Crippen molar-refractivity contribution >= 4 is 11.6 Å². The first-order valence-electron chi connectivity index (χ1n) is 10.1. The Balaban J connectivity index is 1.90. The van der Waals surface area contributed by atoms with Gasteiger partial charge in [-0.3, -0.25) is 10.2 Å². The Kier molecular flexibility index (Phi) is 6.25. The molecule has 0 atom stereocenters. The number of rotatable bonds is 7. The summed E-state index contributed by atoms with van der Waals surface area (Å²) in [6, 6.07) is 8.35. The first-order chi connectivity index (χ1) is 14.6. The van der Waals surface area contributed by atoms with E-state index in [0.29, 0.717) is 23.5 Å². The van der Waals surface area contributed by atoms with Crippen molar-refractivity contribution in [3.8, 4) is 17.2 Å². The van der Waals surface area contributed by atoms with Gasteiger partial charge in [-0.2, -0.15) is 0 Å². The molecule has 2 aromatic rings. The number of Topliss-reactive ketones (excluding diaryl/α,β-unsaturated/α-hetero) is 1. The Bertz CT molecular complexity index is 1030. The highest BCUT2D eigenvalue weighted by Gasteiger charge is 2.33. The van der Waals surface area contributed by atoms with Gasteiger partial charge >= 0.3 is 0 Å². The summed E-state index contributed by atoms with van der Waals surface area (Å²) < 4.78 is 30.9. The number of carbonyl (C=O) groups excluding carboxylic acids is 1. The molecule has 6 nitrogen and oxygen atoms in total. The van der Waals surface area contributed by atoms with Crippen molar-refractivity contribution in [1.29, 1.82) is 5.41 Å². The van der Waals surface area contributed by atoms with Gasteiger partial charge in [0.15, 0.2) is 23.1 Å². The lowest BCUT2D eigenvalue weighted by Crippen LogP contribution is -2.30. The third kappa shape index (κ3) is 4.36. The fourth-order valence-electron chi connectivity index (χ4n) is 3.57. The molecule has 165 valence electrons. The fourth-order valence-corrected chi connectivity index (χ4v) is 3.57. The number of nitrogens with one attached hydrogen (secondary N) is 1. The zero-order valence-electron chi connectivity index (χ0n) is 18.8. The molecule has 0 fully saturated rings. The number of halogens is 1. The Labute approximate surface area is 182 Å². The molecule has 0 saturated carbocycles. The quantitative estimate of drug-likeness (QED) is 0.665. The molecule has 31 heavy (non-hydrogen) atoms. The van der Waals surface area contributed by atoms with Crippen LogP contribution >= 0.6 is 0 Å². The van der Waals surface area contributed by atoms with Crippen LogP contribution in [0.5, 0.6) is 17.2 Å². The number of fused-ring (bicyclic) bond motifs is 1. The summed E-state index contributed by atoms with van der Waals surface area (Å²) >= 11 is 0. The summed E-state index contributed by atoms with van der Waals surface area (Å²) in [7, 11) is 2.78. The van der Waals surface area contributed by atoms with E-state index in [1.807, 2.05) is 33.8 Å². The van der Waals surface area contributed by atoms with E-state index >= 15 is 0 Å². The normalized spacial score (nSPS) is 13.3. The monoisotopic (exact) mass is 427 g/mol. The summed E-state index contributed by atoms with van der Waals surface area (Å²) in [6.45, 7) is 8.64. The molecule has 3 rings (SSSR count). The van der Waals surface area contributed by atoms with Crippen LogP contribution in [0.3, 0.4) is 0 Å². The molecule has 0 aromatic heterocycles. The predicted octanol–water partition coefficient (Wildman–Crippen LogP) is 4.36. The van der Waals surface area contributed by atoms with Gasteiger partial charge in [-0.1, -0.05) is 20.8 Å². The van der Waals surface area contributed by atoms with Crippen LogP contribution < -0.4 is 14.2 Å². The Morgan fingerprint density at radius 1 is 1.23 bits per heavy atom. The van der Waals surface area contributed by atoms with Crippen molar-refractivity contribution in [1.82, 2.24) is 4.90 Å². The van der Waals surface area contributed by atoms with Crippen LogP contribution in [0.4, 0.5) is 4.39 Å². The van der Waals surface area contributed by atoms with Crippen LogP contribution in [-0.2, 0) is 12.0 Å². The second kappa shape index (κ2) is 8.57. The van der Waals surface area contributed by atoms with Gasteiger partial charge in [0, 0.05) is 18.2 Å². The van der Waals surface area contributed by atoms with Gasteiger partial charge in [0.1, 0.15) is 11.6 Å². The number of nitrogens with zero attached hydrogens (tertiary/aromatic N) is 1. The van der Waals surface area contributed by atoms with Crippen molar-refractivity contribution in [3.63, 3.8) is 0 Å². The van der Waals surface area contributed by atoms with Crippen molar-refractivity contribution in [2.24, 2.45) is 0 Å². The second-order valence-electron chi connectivity index (χ2n) is 8.42. The van der Waals surface area contributed by atoms with Crippen molar-refractivity contribution in [3.05, 3.63) is 52.3 Å². The van der Waals surface area contributed by atoms with Gasteiger partial charge in [0.2, 0.25) is 0 Å².